The van der Waals surface area contributed by atoms with Crippen molar-refractivity contribution in [3.05, 3.63) is 57.8 Å². The zero-order valence-corrected chi connectivity index (χ0v) is 10.4. The molecule has 0 aliphatic rings. The topological polar surface area (TPSA) is 26.0 Å². The molecule has 0 atom stereocenters. The maximum atomic E-state index is 13.1. The van der Waals surface area contributed by atoms with E-state index in [0.717, 1.165) is 11.1 Å². The molecule has 17 heavy (non-hydrogen) atoms. The highest BCUT2D eigenvalue weighted by Gasteiger charge is 2.09. The molecule has 1 nitrogen and oxygen atoms in total. The Kier molecular flexibility index (Phi) is 3.67. The Morgan fingerprint density at radius 1 is 1.00 bits per heavy atom. The fourth-order valence-corrected chi connectivity index (χ4v) is 2.21. The number of hydrogen-bond acceptors (Lipinski definition) is 1. The van der Waals surface area contributed by atoms with E-state index in [1.165, 1.54) is 12.1 Å². The van der Waals surface area contributed by atoms with Crippen LogP contribution in [0.15, 0.2) is 36.4 Å². The molecule has 0 saturated carbocycles. The van der Waals surface area contributed by atoms with Crippen molar-refractivity contribution in [1.82, 2.24) is 0 Å². The molecule has 2 aromatic carbocycles. The van der Waals surface area contributed by atoms with Crippen molar-refractivity contribution >= 4 is 23.2 Å². The van der Waals surface area contributed by atoms with E-state index in [9.17, 15) is 4.39 Å². The maximum absolute atomic E-state index is 13.1. The first-order valence-electron chi connectivity index (χ1n) is 5.05. The van der Waals surface area contributed by atoms with Crippen molar-refractivity contribution in [1.29, 1.82) is 0 Å². The third-order valence-corrected chi connectivity index (χ3v) is 3.06. The standard InChI is InChI=1S/C13H10Cl2FN/c14-9-1-3-12(13(15)6-9)11-4-2-10(16)5-8(11)7-17/h1-6H,7,17H2. The number of rotatable bonds is 2. The minimum atomic E-state index is -0.306. The van der Waals surface area contributed by atoms with Gasteiger partial charge in [-0.3, -0.25) is 0 Å². The number of hydrogen-bond donors (Lipinski definition) is 1. The van der Waals surface area contributed by atoms with E-state index >= 15 is 0 Å². The summed E-state index contributed by atoms with van der Waals surface area (Å²) in [6.07, 6.45) is 0. The van der Waals surface area contributed by atoms with Crippen LogP contribution in [0.2, 0.25) is 10.0 Å². The smallest absolute Gasteiger partial charge is 0.123 e. The Bertz CT molecular complexity index is 555. The fraction of sp³-hybridized carbons (Fsp3) is 0.0769. The van der Waals surface area contributed by atoms with Gasteiger partial charge in [-0.15, -0.1) is 0 Å². The summed E-state index contributed by atoms with van der Waals surface area (Å²) in [6, 6.07) is 9.68. The SMILES string of the molecule is NCc1cc(F)ccc1-c1ccc(Cl)cc1Cl. The van der Waals surface area contributed by atoms with Gasteiger partial charge in [0.25, 0.3) is 0 Å². The van der Waals surface area contributed by atoms with Crippen molar-refractivity contribution in [3.63, 3.8) is 0 Å². The van der Waals surface area contributed by atoms with Crippen molar-refractivity contribution < 1.29 is 4.39 Å². The second-order valence-electron chi connectivity index (χ2n) is 3.63. The van der Waals surface area contributed by atoms with Crippen LogP contribution in [0.25, 0.3) is 11.1 Å². The van der Waals surface area contributed by atoms with E-state index < -0.39 is 0 Å². The Balaban J connectivity index is 2.60. The molecule has 0 saturated heterocycles. The van der Waals surface area contributed by atoms with E-state index in [2.05, 4.69) is 0 Å². The molecule has 2 rings (SSSR count). The molecule has 88 valence electrons. The molecule has 0 unspecified atom stereocenters. The van der Waals surface area contributed by atoms with Gasteiger partial charge >= 0.3 is 0 Å². The molecular formula is C13H10Cl2FN. The Labute approximate surface area is 109 Å². The number of benzene rings is 2. The largest absolute Gasteiger partial charge is 0.326 e. The summed E-state index contributed by atoms with van der Waals surface area (Å²) in [5, 5.41) is 1.09. The molecule has 0 heterocycles. The Hall–Kier alpha value is -1.09. The van der Waals surface area contributed by atoms with Crippen molar-refractivity contribution in [2.45, 2.75) is 6.54 Å². The molecule has 0 aliphatic carbocycles. The van der Waals surface area contributed by atoms with Gasteiger partial charge in [-0.05, 0) is 35.4 Å². The maximum Gasteiger partial charge on any atom is 0.123 e. The van der Waals surface area contributed by atoms with Crippen molar-refractivity contribution in [3.8, 4) is 11.1 Å². The molecule has 2 aromatic rings. The van der Waals surface area contributed by atoms with Gasteiger partial charge in [-0.2, -0.15) is 0 Å². The average molecular weight is 270 g/mol. The average Bonchev–Trinajstić information content (AvgIpc) is 2.30. The third kappa shape index (κ3) is 2.60. The van der Waals surface area contributed by atoms with Crippen LogP contribution in [0.1, 0.15) is 5.56 Å². The minimum absolute atomic E-state index is 0.256. The molecule has 0 spiro atoms. The van der Waals surface area contributed by atoms with Crippen LogP contribution in [-0.4, -0.2) is 0 Å². The van der Waals surface area contributed by atoms with Gasteiger partial charge in [0.1, 0.15) is 5.82 Å². The second-order valence-corrected chi connectivity index (χ2v) is 4.47. The Morgan fingerprint density at radius 2 is 1.71 bits per heavy atom. The molecule has 0 aliphatic heterocycles. The minimum Gasteiger partial charge on any atom is -0.326 e. The lowest BCUT2D eigenvalue weighted by Crippen LogP contribution is -2.00. The van der Waals surface area contributed by atoms with Gasteiger partial charge in [-0.25, -0.2) is 4.39 Å². The van der Waals surface area contributed by atoms with Crippen LogP contribution in [0.4, 0.5) is 4.39 Å². The third-order valence-electron chi connectivity index (χ3n) is 2.51. The predicted molar refractivity (Wildman–Crippen MR) is 69.7 cm³/mol. The highest BCUT2D eigenvalue weighted by atomic mass is 35.5. The second kappa shape index (κ2) is 5.05. The molecule has 0 fully saturated rings. The van der Waals surface area contributed by atoms with Crippen LogP contribution in [0, 0.1) is 5.82 Å². The van der Waals surface area contributed by atoms with Crippen molar-refractivity contribution in [2.75, 3.05) is 0 Å². The van der Waals surface area contributed by atoms with Crippen LogP contribution in [0.3, 0.4) is 0 Å². The van der Waals surface area contributed by atoms with E-state index in [4.69, 9.17) is 28.9 Å². The molecule has 0 aromatic heterocycles. The fourth-order valence-electron chi connectivity index (χ4n) is 1.70. The molecular weight excluding hydrogens is 260 g/mol. The summed E-state index contributed by atoms with van der Waals surface area (Å²) in [6.45, 7) is 0.256. The van der Waals surface area contributed by atoms with Gasteiger partial charge in [0.15, 0.2) is 0 Å². The quantitative estimate of drug-likeness (QED) is 0.866. The first-order chi connectivity index (χ1) is 8.11. The summed E-state index contributed by atoms with van der Waals surface area (Å²) in [5.41, 5.74) is 7.95. The van der Waals surface area contributed by atoms with E-state index in [0.29, 0.717) is 15.6 Å². The van der Waals surface area contributed by atoms with Gasteiger partial charge in [0, 0.05) is 22.2 Å². The van der Waals surface area contributed by atoms with E-state index in [1.807, 2.05) is 0 Å². The molecule has 2 N–H and O–H groups in total. The first kappa shape index (κ1) is 12.4. The number of nitrogens with two attached hydrogens (primary N) is 1. The molecule has 4 heteroatoms. The summed E-state index contributed by atoms with van der Waals surface area (Å²) in [7, 11) is 0. The molecule has 0 amide bonds. The first-order valence-corrected chi connectivity index (χ1v) is 5.81. The predicted octanol–water partition coefficient (Wildman–Crippen LogP) is 4.26. The summed E-state index contributed by atoms with van der Waals surface area (Å²) < 4.78 is 13.1. The van der Waals surface area contributed by atoms with E-state index in [1.54, 1.807) is 24.3 Å². The number of halogens is 3. The van der Waals surface area contributed by atoms with Gasteiger partial charge < -0.3 is 5.73 Å². The van der Waals surface area contributed by atoms with E-state index in [-0.39, 0.29) is 12.4 Å². The van der Waals surface area contributed by atoms with Gasteiger partial charge in [0.05, 0.1) is 0 Å². The summed E-state index contributed by atoms with van der Waals surface area (Å²) >= 11 is 11.9. The Morgan fingerprint density at radius 3 is 2.35 bits per heavy atom. The lowest BCUT2D eigenvalue weighted by Gasteiger charge is -2.10. The molecule has 0 bridgehead atoms. The zero-order valence-electron chi connectivity index (χ0n) is 8.88. The monoisotopic (exact) mass is 269 g/mol. The lowest BCUT2D eigenvalue weighted by atomic mass is 9.99. The summed E-state index contributed by atoms with van der Waals surface area (Å²) in [4.78, 5) is 0. The summed E-state index contributed by atoms with van der Waals surface area (Å²) in [5.74, 6) is -0.306. The van der Waals surface area contributed by atoms with Gasteiger partial charge in [0.2, 0.25) is 0 Å². The van der Waals surface area contributed by atoms with Crippen LogP contribution in [-0.2, 0) is 6.54 Å². The highest BCUT2D eigenvalue weighted by Crippen LogP contribution is 2.32. The van der Waals surface area contributed by atoms with Crippen LogP contribution >= 0.6 is 23.2 Å². The lowest BCUT2D eigenvalue weighted by molar-refractivity contribution is 0.625. The van der Waals surface area contributed by atoms with Crippen LogP contribution < -0.4 is 5.73 Å². The normalized spacial score (nSPS) is 10.6. The zero-order chi connectivity index (χ0) is 12.4. The van der Waals surface area contributed by atoms with Gasteiger partial charge in [-0.1, -0.05) is 35.3 Å². The molecule has 0 radical (unpaired) electrons. The van der Waals surface area contributed by atoms with Crippen molar-refractivity contribution in [2.24, 2.45) is 5.73 Å². The van der Waals surface area contributed by atoms with Crippen LogP contribution in [0.5, 0.6) is 0 Å². The highest BCUT2D eigenvalue weighted by molar-refractivity contribution is 6.36.